The van der Waals surface area contributed by atoms with Crippen LogP contribution in [-0.2, 0) is 14.8 Å². The molecule has 106 valence electrons. The van der Waals surface area contributed by atoms with Crippen molar-refractivity contribution < 1.29 is 18.3 Å². The molecular weight excluding hydrogens is 304 g/mol. The molecule has 0 bridgehead atoms. The number of rotatable bonds is 4. The van der Waals surface area contributed by atoms with Gasteiger partial charge in [0.25, 0.3) is 0 Å². The van der Waals surface area contributed by atoms with Crippen LogP contribution in [-0.4, -0.2) is 29.7 Å². The summed E-state index contributed by atoms with van der Waals surface area (Å²) in [4.78, 5) is 14.9. The molecule has 1 unspecified atom stereocenters. The maximum atomic E-state index is 11.9. The first-order valence-corrected chi connectivity index (χ1v) is 7.53. The number of nitrogens with one attached hydrogen (secondary N) is 1. The smallest absolute Gasteiger partial charge is 0.323 e. The van der Waals surface area contributed by atoms with Gasteiger partial charge in [-0.3, -0.25) is 14.5 Å². The van der Waals surface area contributed by atoms with Crippen molar-refractivity contribution in [1.29, 1.82) is 0 Å². The molecule has 1 heterocycles. The molecule has 0 fully saturated rings. The first-order valence-electron chi connectivity index (χ1n) is 5.60. The van der Waals surface area contributed by atoms with E-state index in [1.165, 1.54) is 18.3 Å². The van der Waals surface area contributed by atoms with Crippen LogP contribution in [0.3, 0.4) is 0 Å². The summed E-state index contributed by atoms with van der Waals surface area (Å²) in [6.07, 6.45) is 1.53. The molecule has 2 rings (SSSR count). The van der Waals surface area contributed by atoms with Gasteiger partial charge in [-0.15, -0.1) is 0 Å². The Hall–Kier alpha value is -1.86. The van der Waals surface area contributed by atoms with Crippen molar-refractivity contribution in [2.45, 2.75) is 12.2 Å². The summed E-state index contributed by atoms with van der Waals surface area (Å²) >= 11 is 5.98. The Bertz CT molecular complexity index is 776. The van der Waals surface area contributed by atoms with E-state index in [9.17, 15) is 13.2 Å². The summed E-state index contributed by atoms with van der Waals surface area (Å²) in [5.41, 5.74) is 0.683. The third kappa shape index (κ3) is 2.68. The van der Waals surface area contributed by atoms with Crippen LogP contribution in [0.25, 0.3) is 10.9 Å². The molecule has 0 saturated carbocycles. The fourth-order valence-electron chi connectivity index (χ4n) is 1.60. The quantitative estimate of drug-likeness (QED) is 0.901. The molecule has 8 heteroatoms. The number of fused-ring (bicyclic) bond motifs is 1. The van der Waals surface area contributed by atoms with Crippen LogP contribution in [0.4, 0.5) is 5.69 Å². The maximum absolute atomic E-state index is 11.9. The second kappa shape index (κ2) is 5.26. The fourth-order valence-corrected chi connectivity index (χ4v) is 2.74. The Morgan fingerprint density at radius 3 is 2.75 bits per heavy atom. The van der Waals surface area contributed by atoms with E-state index >= 15 is 0 Å². The molecule has 0 saturated heterocycles. The van der Waals surface area contributed by atoms with Crippen molar-refractivity contribution in [2.75, 3.05) is 4.72 Å². The molecule has 2 N–H and O–H groups in total. The van der Waals surface area contributed by atoms with Gasteiger partial charge in [0.2, 0.25) is 10.0 Å². The summed E-state index contributed by atoms with van der Waals surface area (Å²) in [5, 5.41) is 8.12. The topological polar surface area (TPSA) is 96.4 Å². The predicted molar refractivity (Wildman–Crippen MR) is 76.4 cm³/mol. The van der Waals surface area contributed by atoms with Crippen molar-refractivity contribution in [3.63, 3.8) is 0 Å². The lowest BCUT2D eigenvalue weighted by Crippen LogP contribution is -2.32. The lowest BCUT2D eigenvalue weighted by molar-refractivity contribution is -0.136. The van der Waals surface area contributed by atoms with E-state index in [0.717, 1.165) is 6.92 Å². The lowest BCUT2D eigenvalue weighted by Gasteiger charge is -2.13. The molecule has 1 aromatic heterocycles. The number of nitrogens with zero attached hydrogens (tertiary/aromatic N) is 1. The average molecular weight is 315 g/mol. The normalized spacial score (nSPS) is 13.1. The van der Waals surface area contributed by atoms with E-state index in [1.54, 1.807) is 12.1 Å². The number of carbonyl (C=O) groups is 1. The highest BCUT2D eigenvalue weighted by molar-refractivity contribution is 7.94. The molecule has 0 aliphatic carbocycles. The van der Waals surface area contributed by atoms with Crippen LogP contribution in [0.15, 0.2) is 30.5 Å². The molecular formula is C12H11ClN2O4S. The zero-order chi connectivity index (χ0) is 14.9. The third-order valence-electron chi connectivity index (χ3n) is 2.79. The molecule has 20 heavy (non-hydrogen) atoms. The second-order valence-corrected chi connectivity index (χ2v) is 6.53. The van der Waals surface area contributed by atoms with E-state index in [1.807, 2.05) is 0 Å². The average Bonchev–Trinajstić information content (AvgIpc) is 2.41. The van der Waals surface area contributed by atoms with E-state index in [0.29, 0.717) is 15.9 Å². The molecule has 0 spiro atoms. The highest BCUT2D eigenvalue weighted by atomic mass is 35.5. The Labute approximate surface area is 120 Å². The summed E-state index contributed by atoms with van der Waals surface area (Å²) in [5.74, 6) is -1.42. The summed E-state index contributed by atoms with van der Waals surface area (Å²) in [6, 6.07) is 6.26. The monoisotopic (exact) mass is 314 g/mol. The van der Waals surface area contributed by atoms with Gasteiger partial charge in [0.05, 0.1) is 16.2 Å². The number of aromatic nitrogens is 1. The van der Waals surface area contributed by atoms with Crippen molar-refractivity contribution in [2.24, 2.45) is 0 Å². The number of pyridine rings is 1. The van der Waals surface area contributed by atoms with Crippen LogP contribution < -0.4 is 4.72 Å². The number of benzene rings is 1. The standard InChI is InChI=1S/C12H11ClN2O4S/c1-7(12(16)17)20(18,19)15-10-5-4-9(13)11-8(10)3-2-6-14-11/h2-7,15H,1H3,(H,16,17). The number of sulfonamides is 1. The highest BCUT2D eigenvalue weighted by Crippen LogP contribution is 2.29. The molecule has 2 aromatic rings. The van der Waals surface area contributed by atoms with Crippen LogP contribution in [0.2, 0.25) is 5.02 Å². The van der Waals surface area contributed by atoms with Crippen molar-refractivity contribution in [3.8, 4) is 0 Å². The molecule has 1 atom stereocenters. The Kier molecular flexibility index (Phi) is 3.82. The van der Waals surface area contributed by atoms with Crippen molar-refractivity contribution in [3.05, 3.63) is 35.5 Å². The zero-order valence-corrected chi connectivity index (χ0v) is 11.9. The minimum absolute atomic E-state index is 0.241. The summed E-state index contributed by atoms with van der Waals surface area (Å²) in [6.45, 7) is 1.10. The number of aliphatic carboxylic acids is 1. The zero-order valence-electron chi connectivity index (χ0n) is 10.4. The van der Waals surface area contributed by atoms with Gasteiger partial charge in [0, 0.05) is 11.6 Å². The van der Waals surface area contributed by atoms with E-state index in [4.69, 9.17) is 16.7 Å². The van der Waals surface area contributed by atoms with Gasteiger partial charge in [-0.1, -0.05) is 11.6 Å². The van der Waals surface area contributed by atoms with Gasteiger partial charge >= 0.3 is 5.97 Å². The fraction of sp³-hybridized carbons (Fsp3) is 0.167. The maximum Gasteiger partial charge on any atom is 0.323 e. The number of carboxylic acid groups (broad SMARTS) is 1. The predicted octanol–water partition coefficient (Wildman–Crippen LogP) is 2.10. The van der Waals surface area contributed by atoms with Gasteiger partial charge in [0.1, 0.15) is 0 Å². The molecule has 0 radical (unpaired) electrons. The molecule has 6 nitrogen and oxygen atoms in total. The van der Waals surface area contributed by atoms with E-state index < -0.39 is 21.2 Å². The van der Waals surface area contributed by atoms with Gasteiger partial charge in [0.15, 0.2) is 5.25 Å². The minimum Gasteiger partial charge on any atom is -0.480 e. The van der Waals surface area contributed by atoms with Crippen LogP contribution >= 0.6 is 11.6 Å². The van der Waals surface area contributed by atoms with Gasteiger partial charge in [-0.2, -0.15) is 0 Å². The van der Waals surface area contributed by atoms with Crippen LogP contribution in [0, 0.1) is 0 Å². The minimum atomic E-state index is -4.04. The van der Waals surface area contributed by atoms with Gasteiger partial charge < -0.3 is 5.11 Å². The molecule has 1 aromatic carbocycles. The first kappa shape index (κ1) is 14.5. The van der Waals surface area contributed by atoms with E-state index in [-0.39, 0.29) is 5.69 Å². The number of hydrogen-bond donors (Lipinski definition) is 2. The number of hydrogen-bond acceptors (Lipinski definition) is 4. The van der Waals surface area contributed by atoms with Crippen molar-refractivity contribution >= 4 is 44.2 Å². The third-order valence-corrected chi connectivity index (χ3v) is 4.73. The largest absolute Gasteiger partial charge is 0.480 e. The van der Waals surface area contributed by atoms with Crippen molar-refractivity contribution in [1.82, 2.24) is 4.98 Å². The van der Waals surface area contributed by atoms with Gasteiger partial charge in [-0.25, -0.2) is 8.42 Å². The Morgan fingerprint density at radius 2 is 2.10 bits per heavy atom. The Balaban J connectivity index is 2.51. The molecule has 0 amide bonds. The van der Waals surface area contributed by atoms with Crippen LogP contribution in [0.1, 0.15) is 6.92 Å². The highest BCUT2D eigenvalue weighted by Gasteiger charge is 2.28. The molecule has 0 aliphatic heterocycles. The lowest BCUT2D eigenvalue weighted by atomic mass is 10.2. The molecule has 0 aliphatic rings. The Morgan fingerprint density at radius 1 is 1.40 bits per heavy atom. The number of anilines is 1. The van der Waals surface area contributed by atoms with E-state index in [2.05, 4.69) is 9.71 Å². The number of carboxylic acids is 1. The summed E-state index contributed by atoms with van der Waals surface area (Å²) < 4.78 is 26.1. The SMILES string of the molecule is CC(C(=O)O)S(=O)(=O)Nc1ccc(Cl)c2ncccc12. The number of halogens is 1. The second-order valence-electron chi connectivity index (χ2n) is 4.12. The van der Waals surface area contributed by atoms with Crippen LogP contribution in [0.5, 0.6) is 0 Å². The first-order chi connectivity index (χ1) is 9.33. The summed E-state index contributed by atoms with van der Waals surface area (Å²) in [7, 11) is -4.04. The van der Waals surface area contributed by atoms with Gasteiger partial charge in [-0.05, 0) is 31.2 Å².